The van der Waals surface area contributed by atoms with Crippen molar-refractivity contribution in [3.05, 3.63) is 66.3 Å². The van der Waals surface area contributed by atoms with E-state index in [4.69, 9.17) is 9.72 Å². The molecule has 3 aromatic heterocycles. The quantitative estimate of drug-likeness (QED) is 0.332. The molecule has 2 aromatic carbocycles. The van der Waals surface area contributed by atoms with Crippen LogP contribution in [0.25, 0.3) is 32.6 Å². The Balaban J connectivity index is 1.33. The lowest BCUT2D eigenvalue weighted by Gasteiger charge is -2.25. The number of thiazole rings is 1. The Morgan fingerprint density at radius 3 is 2.78 bits per heavy atom. The first kappa shape index (κ1) is 22.6. The first-order valence-electron chi connectivity index (χ1n) is 11.8. The Morgan fingerprint density at radius 1 is 1.11 bits per heavy atom. The maximum absolute atomic E-state index is 14.5. The van der Waals surface area contributed by atoms with Gasteiger partial charge in [0, 0.05) is 59.3 Å². The highest BCUT2D eigenvalue weighted by Crippen LogP contribution is 2.36. The Morgan fingerprint density at radius 2 is 2.00 bits per heavy atom. The van der Waals surface area contributed by atoms with E-state index in [0.717, 1.165) is 53.2 Å². The normalized spacial score (nSPS) is 14.3. The molecule has 1 aliphatic rings. The molecule has 36 heavy (non-hydrogen) atoms. The molecule has 0 spiro atoms. The molecule has 4 heterocycles. The second-order valence-electron chi connectivity index (χ2n) is 8.73. The van der Waals surface area contributed by atoms with E-state index in [0.29, 0.717) is 22.8 Å². The number of hydrogen-bond donors (Lipinski definition) is 2. The second-order valence-corrected chi connectivity index (χ2v) is 9.62. The van der Waals surface area contributed by atoms with Crippen molar-refractivity contribution in [1.82, 2.24) is 30.0 Å². The third-order valence-corrected chi connectivity index (χ3v) is 6.97. The minimum Gasteiger partial charge on any atom is -0.490 e. The number of aromatic nitrogens is 5. The molecule has 1 fully saturated rings. The van der Waals surface area contributed by atoms with Gasteiger partial charge in [0.05, 0.1) is 17.3 Å². The number of ether oxygens (including phenoxy) is 1. The van der Waals surface area contributed by atoms with Crippen LogP contribution in [0.2, 0.25) is 0 Å². The molecule has 0 aliphatic carbocycles. The average Bonchev–Trinajstić information content (AvgIpc) is 3.58. The topological polar surface area (TPSA) is 89.8 Å². The second kappa shape index (κ2) is 9.63. The maximum atomic E-state index is 14.5. The summed E-state index contributed by atoms with van der Waals surface area (Å²) in [5, 5.41) is 14.5. The first-order valence-corrected chi connectivity index (χ1v) is 12.6. The zero-order valence-corrected chi connectivity index (χ0v) is 20.4. The van der Waals surface area contributed by atoms with Gasteiger partial charge in [-0.2, -0.15) is 5.10 Å². The number of rotatable bonds is 6. The van der Waals surface area contributed by atoms with Crippen LogP contribution in [0.3, 0.4) is 0 Å². The number of benzene rings is 2. The van der Waals surface area contributed by atoms with E-state index in [1.807, 2.05) is 17.5 Å². The highest BCUT2D eigenvalue weighted by molar-refractivity contribution is 7.13. The molecule has 0 atom stereocenters. The molecular formula is C26H24FN7OS. The predicted molar refractivity (Wildman–Crippen MR) is 139 cm³/mol. The lowest BCUT2D eigenvalue weighted by Crippen LogP contribution is -2.34. The maximum Gasteiger partial charge on any atom is 0.227 e. The molecule has 0 bridgehead atoms. The first-order chi connectivity index (χ1) is 17.6. The molecule has 1 aliphatic heterocycles. The molecule has 0 radical (unpaired) electrons. The van der Waals surface area contributed by atoms with Gasteiger partial charge in [-0.3, -0.25) is 4.68 Å². The van der Waals surface area contributed by atoms with E-state index >= 15 is 0 Å². The van der Waals surface area contributed by atoms with Crippen LogP contribution >= 0.6 is 11.3 Å². The van der Waals surface area contributed by atoms with Crippen molar-refractivity contribution in [1.29, 1.82) is 0 Å². The number of anilines is 2. The Kier molecular flexibility index (Phi) is 6.04. The number of nitrogens with one attached hydrogen (secondary N) is 2. The van der Waals surface area contributed by atoms with Crippen molar-refractivity contribution in [3.63, 3.8) is 0 Å². The number of piperidine rings is 1. The Hall–Kier alpha value is -3.89. The van der Waals surface area contributed by atoms with Gasteiger partial charge >= 0.3 is 0 Å². The van der Waals surface area contributed by atoms with Crippen LogP contribution in [0.1, 0.15) is 12.8 Å². The number of halogens is 1. The van der Waals surface area contributed by atoms with E-state index in [-0.39, 0.29) is 11.9 Å². The monoisotopic (exact) mass is 501 g/mol. The molecule has 0 amide bonds. The number of hydrogen-bond acceptors (Lipinski definition) is 8. The molecule has 1 saturated heterocycles. The summed E-state index contributed by atoms with van der Waals surface area (Å²) >= 11 is 1.57. The van der Waals surface area contributed by atoms with Gasteiger partial charge in [-0.25, -0.2) is 19.3 Å². The average molecular weight is 502 g/mol. The minimum absolute atomic E-state index is 0.145. The Labute approximate surface area is 211 Å². The minimum atomic E-state index is -0.317. The molecule has 2 N–H and O–H groups in total. The fourth-order valence-electron chi connectivity index (χ4n) is 4.35. The van der Waals surface area contributed by atoms with Crippen molar-refractivity contribution in [2.75, 3.05) is 18.4 Å². The van der Waals surface area contributed by atoms with Crippen molar-refractivity contribution < 1.29 is 9.13 Å². The van der Waals surface area contributed by atoms with Gasteiger partial charge in [0.15, 0.2) is 0 Å². The zero-order chi connectivity index (χ0) is 24.5. The summed E-state index contributed by atoms with van der Waals surface area (Å²) in [7, 11) is 1.80. The summed E-state index contributed by atoms with van der Waals surface area (Å²) in [4.78, 5) is 13.7. The highest BCUT2D eigenvalue weighted by atomic mass is 32.1. The lowest BCUT2D eigenvalue weighted by molar-refractivity contribution is 0.163. The van der Waals surface area contributed by atoms with Gasteiger partial charge in [0.25, 0.3) is 0 Å². The molecule has 8 nitrogen and oxygen atoms in total. The largest absolute Gasteiger partial charge is 0.490 e. The van der Waals surface area contributed by atoms with E-state index in [1.165, 1.54) is 6.07 Å². The van der Waals surface area contributed by atoms with Gasteiger partial charge in [0.1, 0.15) is 22.7 Å². The van der Waals surface area contributed by atoms with Gasteiger partial charge in [-0.05, 0) is 50.2 Å². The van der Waals surface area contributed by atoms with Gasteiger partial charge in [-0.1, -0.05) is 0 Å². The van der Waals surface area contributed by atoms with Crippen LogP contribution in [-0.4, -0.2) is 43.9 Å². The third kappa shape index (κ3) is 4.65. The van der Waals surface area contributed by atoms with E-state index < -0.39 is 0 Å². The predicted octanol–water partition coefficient (Wildman–Crippen LogP) is 5.17. The molecule has 6 rings (SSSR count). The van der Waals surface area contributed by atoms with Crippen LogP contribution in [0.4, 0.5) is 16.0 Å². The fourth-order valence-corrected chi connectivity index (χ4v) is 5.01. The van der Waals surface area contributed by atoms with Gasteiger partial charge < -0.3 is 15.4 Å². The van der Waals surface area contributed by atoms with Crippen LogP contribution in [0.15, 0.2) is 60.5 Å². The molecule has 0 unspecified atom stereocenters. The molecule has 10 heteroatoms. The van der Waals surface area contributed by atoms with Crippen molar-refractivity contribution >= 4 is 33.9 Å². The van der Waals surface area contributed by atoms with Crippen molar-refractivity contribution in [3.8, 4) is 27.4 Å². The van der Waals surface area contributed by atoms with E-state index in [1.54, 1.807) is 60.0 Å². The van der Waals surface area contributed by atoms with Crippen molar-refractivity contribution in [2.45, 2.75) is 18.9 Å². The van der Waals surface area contributed by atoms with E-state index in [2.05, 4.69) is 25.7 Å². The van der Waals surface area contributed by atoms with Crippen LogP contribution in [0, 0.1) is 5.82 Å². The summed E-state index contributed by atoms with van der Waals surface area (Å²) < 4.78 is 22.6. The summed E-state index contributed by atoms with van der Waals surface area (Å²) in [6.07, 6.45) is 9.04. The Bertz CT molecular complexity index is 1510. The third-order valence-electron chi connectivity index (χ3n) is 6.16. The van der Waals surface area contributed by atoms with E-state index in [9.17, 15) is 4.39 Å². The van der Waals surface area contributed by atoms with Crippen LogP contribution < -0.4 is 15.4 Å². The zero-order valence-electron chi connectivity index (χ0n) is 19.6. The molecule has 0 saturated carbocycles. The smallest absolute Gasteiger partial charge is 0.227 e. The number of nitrogens with zero attached hydrogens (tertiary/aromatic N) is 5. The molecule has 5 aromatic rings. The summed E-state index contributed by atoms with van der Waals surface area (Å²) in [6.45, 7) is 1.89. The fraction of sp³-hybridized carbons (Fsp3) is 0.231. The summed E-state index contributed by atoms with van der Waals surface area (Å²) in [5.74, 6) is 0.873. The number of aryl methyl sites for hydroxylation is 1. The SMILES string of the molecule is Cn1cc(-c2cc(Nc3ncc4cc(-c5nccs5)c(OC5CCNCC5)cc4n3)ccc2F)cn1. The summed E-state index contributed by atoms with van der Waals surface area (Å²) in [6, 6.07) is 8.83. The van der Waals surface area contributed by atoms with Crippen molar-refractivity contribution in [2.24, 2.45) is 7.05 Å². The van der Waals surface area contributed by atoms with Crippen LogP contribution in [0.5, 0.6) is 5.75 Å². The standard InChI is InChI=1S/C26H24FN7OS/c1-34-15-17(14-31-34)20-11-18(2-3-22(20)27)32-26-30-13-16-10-21(25-29-8-9-36-25)24(12-23(16)33-26)35-19-4-6-28-7-5-19/h2-3,8-15,19,28H,4-7H2,1H3,(H,30,32,33). The van der Waals surface area contributed by atoms with Gasteiger partial charge in [-0.15, -0.1) is 11.3 Å². The van der Waals surface area contributed by atoms with Gasteiger partial charge in [0.2, 0.25) is 5.95 Å². The summed E-state index contributed by atoms with van der Waals surface area (Å²) in [5.41, 5.74) is 3.54. The van der Waals surface area contributed by atoms with Crippen LogP contribution in [-0.2, 0) is 7.05 Å². The molecular weight excluding hydrogens is 477 g/mol. The lowest BCUT2D eigenvalue weighted by atomic mass is 10.1. The number of fused-ring (bicyclic) bond motifs is 1. The molecule has 182 valence electrons. The highest BCUT2D eigenvalue weighted by Gasteiger charge is 2.19.